The SMILES string of the molecule is C=Cc1cc(OC)c(OC)c(OC)c1-c1ccccc1. The highest BCUT2D eigenvalue weighted by Gasteiger charge is 2.20. The minimum atomic E-state index is 0.583. The predicted octanol–water partition coefficient (Wildman–Crippen LogP) is 4.02. The Labute approximate surface area is 119 Å². The van der Waals surface area contributed by atoms with Gasteiger partial charge >= 0.3 is 0 Å². The fourth-order valence-corrected chi connectivity index (χ4v) is 2.24. The fourth-order valence-electron chi connectivity index (χ4n) is 2.24. The van der Waals surface area contributed by atoms with Gasteiger partial charge in [-0.1, -0.05) is 43.0 Å². The van der Waals surface area contributed by atoms with E-state index in [0.717, 1.165) is 16.7 Å². The van der Waals surface area contributed by atoms with Gasteiger partial charge in [-0.25, -0.2) is 0 Å². The molecule has 3 nitrogen and oxygen atoms in total. The van der Waals surface area contributed by atoms with Gasteiger partial charge in [-0.15, -0.1) is 0 Å². The van der Waals surface area contributed by atoms with Gasteiger partial charge in [-0.3, -0.25) is 0 Å². The van der Waals surface area contributed by atoms with Crippen molar-refractivity contribution in [3.63, 3.8) is 0 Å². The average molecular weight is 270 g/mol. The molecule has 0 aliphatic heterocycles. The molecule has 0 N–H and O–H groups in total. The van der Waals surface area contributed by atoms with Crippen LogP contribution in [0.2, 0.25) is 0 Å². The summed E-state index contributed by atoms with van der Waals surface area (Å²) in [7, 11) is 4.83. The molecule has 0 aromatic heterocycles. The van der Waals surface area contributed by atoms with Crippen LogP contribution in [0.3, 0.4) is 0 Å². The van der Waals surface area contributed by atoms with E-state index in [1.807, 2.05) is 36.4 Å². The van der Waals surface area contributed by atoms with Gasteiger partial charge in [0.25, 0.3) is 0 Å². The van der Waals surface area contributed by atoms with E-state index < -0.39 is 0 Å². The molecule has 0 spiro atoms. The van der Waals surface area contributed by atoms with E-state index in [0.29, 0.717) is 17.2 Å². The van der Waals surface area contributed by atoms with Crippen LogP contribution in [-0.2, 0) is 0 Å². The first-order valence-electron chi connectivity index (χ1n) is 6.27. The van der Waals surface area contributed by atoms with E-state index in [2.05, 4.69) is 6.58 Å². The van der Waals surface area contributed by atoms with Crippen LogP contribution in [0, 0.1) is 0 Å². The number of methoxy groups -OCH3 is 3. The molecule has 0 aliphatic rings. The maximum atomic E-state index is 5.55. The number of benzene rings is 2. The van der Waals surface area contributed by atoms with Crippen LogP contribution in [-0.4, -0.2) is 21.3 Å². The first-order chi connectivity index (χ1) is 9.76. The normalized spacial score (nSPS) is 9.95. The van der Waals surface area contributed by atoms with Crippen molar-refractivity contribution in [2.75, 3.05) is 21.3 Å². The van der Waals surface area contributed by atoms with E-state index in [1.54, 1.807) is 27.4 Å². The summed E-state index contributed by atoms with van der Waals surface area (Å²) in [5.41, 5.74) is 2.92. The van der Waals surface area contributed by atoms with Crippen molar-refractivity contribution in [2.45, 2.75) is 0 Å². The Kier molecular flexibility index (Phi) is 4.31. The third-order valence-electron chi connectivity index (χ3n) is 3.14. The largest absolute Gasteiger partial charge is 0.493 e. The monoisotopic (exact) mass is 270 g/mol. The Balaban J connectivity index is 2.80. The molecule has 3 heteroatoms. The summed E-state index contributed by atoms with van der Waals surface area (Å²) in [6.45, 7) is 3.87. The lowest BCUT2D eigenvalue weighted by molar-refractivity contribution is 0.325. The summed E-state index contributed by atoms with van der Waals surface area (Å²) in [5, 5.41) is 0. The molecule has 0 radical (unpaired) electrons. The van der Waals surface area contributed by atoms with Crippen LogP contribution >= 0.6 is 0 Å². The number of rotatable bonds is 5. The van der Waals surface area contributed by atoms with Gasteiger partial charge in [-0.2, -0.15) is 0 Å². The molecular weight excluding hydrogens is 252 g/mol. The van der Waals surface area contributed by atoms with Crippen LogP contribution in [0.1, 0.15) is 5.56 Å². The smallest absolute Gasteiger partial charge is 0.203 e. The lowest BCUT2D eigenvalue weighted by Crippen LogP contribution is -1.99. The minimum Gasteiger partial charge on any atom is -0.493 e. The fraction of sp³-hybridized carbons (Fsp3) is 0.176. The van der Waals surface area contributed by atoms with Crippen molar-refractivity contribution in [2.24, 2.45) is 0 Å². The Morgan fingerprint density at radius 2 is 1.55 bits per heavy atom. The zero-order chi connectivity index (χ0) is 14.5. The summed E-state index contributed by atoms with van der Waals surface area (Å²) in [6, 6.07) is 11.9. The van der Waals surface area contributed by atoms with E-state index in [1.165, 1.54) is 0 Å². The highest BCUT2D eigenvalue weighted by molar-refractivity contribution is 5.84. The highest BCUT2D eigenvalue weighted by atomic mass is 16.5. The Bertz CT molecular complexity index is 603. The maximum absolute atomic E-state index is 5.55. The van der Waals surface area contributed by atoms with E-state index in [-0.39, 0.29) is 0 Å². The van der Waals surface area contributed by atoms with Crippen LogP contribution in [0.15, 0.2) is 43.0 Å². The van der Waals surface area contributed by atoms with E-state index in [9.17, 15) is 0 Å². The minimum absolute atomic E-state index is 0.583. The zero-order valence-corrected chi connectivity index (χ0v) is 12.0. The van der Waals surface area contributed by atoms with Crippen LogP contribution in [0.4, 0.5) is 0 Å². The summed E-state index contributed by atoms with van der Waals surface area (Å²) < 4.78 is 16.3. The molecule has 0 fully saturated rings. The van der Waals surface area contributed by atoms with Crippen LogP contribution in [0.25, 0.3) is 17.2 Å². The molecule has 0 saturated carbocycles. The molecule has 2 rings (SSSR count). The second-order valence-corrected chi connectivity index (χ2v) is 4.18. The molecule has 0 aliphatic carbocycles. The van der Waals surface area contributed by atoms with Gasteiger partial charge in [-0.05, 0) is 17.2 Å². The molecule has 104 valence electrons. The molecule has 0 heterocycles. The number of hydrogen-bond acceptors (Lipinski definition) is 3. The second kappa shape index (κ2) is 6.15. The predicted molar refractivity (Wildman–Crippen MR) is 81.6 cm³/mol. The molecule has 2 aromatic rings. The maximum Gasteiger partial charge on any atom is 0.203 e. The van der Waals surface area contributed by atoms with Gasteiger partial charge in [0, 0.05) is 5.56 Å². The molecule has 2 aromatic carbocycles. The van der Waals surface area contributed by atoms with Gasteiger partial charge in [0.05, 0.1) is 21.3 Å². The summed E-state index contributed by atoms with van der Waals surface area (Å²) in [5.74, 6) is 1.85. The van der Waals surface area contributed by atoms with Crippen LogP contribution < -0.4 is 14.2 Å². The van der Waals surface area contributed by atoms with Crippen molar-refractivity contribution in [1.82, 2.24) is 0 Å². The van der Waals surface area contributed by atoms with E-state index >= 15 is 0 Å². The number of ether oxygens (including phenoxy) is 3. The molecule has 0 unspecified atom stereocenters. The van der Waals surface area contributed by atoms with Crippen molar-refractivity contribution in [3.8, 4) is 28.4 Å². The number of hydrogen-bond donors (Lipinski definition) is 0. The van der Waals surface area contributed by atoms with Crippen molar-refractivity contribution in [3.05, 3.63) is 48.5 Å². The van der Waals surface area contributed by atoms with E-state index in [4.69, 9.17) is 14.2 Å². The topological polar surface area (TPSA) is 27.7 Å². The van der Waals surface area contributed by atoms with Crippen molar-refractivity contribution < 1.29 is 14.2 Å². The molecule has 20 heavy (non-hydrogen) atoms. The van der Waals surface area contributed by atoms with Gasteiger partial charge in [0.1, 0.15) is 0 Å². The lowest BCUT2D eigenvalue weighted by Gasteiger charge is -2.18. The zero-order valence-electron chi connectivity index (χ0n) is 12.0. The summed E-state index contributed by atoms with van der Waals surface area (Å²) >= 11 is 0. The highest BCUT2D eigenvalue weighted by Crippen LogP contribution is 2.46. The molecule has 0 saturated heterocycles. The van der Waals surface area contributed by atoms with Gasteiger partial charge in [0.2, 0.25) is 5.75 Å². The molecular formula is C17H18O3. The molecule has 0 bridgehead atoms. The van der Waals surface area contributed by atoms with Crippen molar-refractivity contribution in [1.29, 1.82) is 0 Å². The quantitative estimate of drug-likeness (QED) is 0.821. The first kappa shape index (κ1) is 14.0. The molecule has 0 amide bonds. The van der Waals surface area contributed by atoms with Crippen molar-refractivity contribution >= 4 is 6.08 Å². The first-order valence-corrected chi connectivity index (χ1v) is 6.27. The lowest BCUT2D eigenvalue weighted by atomic mass is 9.97. The average Bonchev–Trinajstić information content (AvgIpc) is 2.53. The van der Waals surface area contributed by atoms with Gasteiger partial charge < -0.3 is 14.2 Å². The van der Waals surface area contributed by atoms with Gasteiger partial charge in [0.15, 0.2) is 11.5 Å². The Morgan fingerprint density at radius 3 is 2.05 bits per heavy atom. The second-order valence-electron chi connectivity index (χ2n) is 4.18. The summed E-state index contributed by atoms with van der Waals surface area (Å²) in [4.78, 5) is 0. The van der Waals surface area contributed by atoms with Crippen LogP contribution in [0.5, 0.6) is 17.2 Å². The third kappa shape index (κ3) is 2.35. The summed E-state index contributed by atoms with van der Waals surface area (Å²) in [6.07, 6.45) is 1.78. The molecule has 0 atom stereocenters. The Hall–Kier alpha value is -2.42. The third-order valence-corrected chi connectivity index (χ3v) is 3.14. The Morgan fingerprint density at radius 1 is 0.900 bits per heavy atom. The standard InChI is InChI=1S/C17H18O3/c1-5-12-11-14(18-2)16(19-3)17(20-4)15(12)13-9-7-6-8-10-13/h5-11H,1H2,2-4H3.